The third-order valence-corrected chi connectivity index (χ3v) is 7.85. The highest BCUT2D eigenvalue weighted by molar-refractivity contribution is 5.87. The first-order chi connectivity index (χ1) is 18.0. The van der Waals surface area contributed by atoms with Crippen LogP contribution in [0, 0.1) is 6.92 Å². The highest BCUT2D eigenvalue weighted by atomic mass is 16.2. The summed E-state index contributed by atoms with van der Waals surface area (Å²) < 4.78 is 2.30. The second kappa shape index (κ2) is 11.3. The fraction of sp³-hybridized carbons (Fsp3) is 0.375. The number of aryl methyl sites for hydroxylation is 1. The van der Waals surface area contributed by atoms with E-state index in [-0.39, 0.29) is 11.9 Å². The molecule has 1 fully saturated rings. The smallest absolute Gasteiger partial charge is 0.219 e. The standard InChI is InChI=1S/C32H38N4O/c1-23-9-7-8-12-29(23)28-13-14-30-31(21-28)34-36(32(30)27-16-19-35(20-17-27)25(3)37)24(2)15-18-33-22-26-10-5-4-6-11-26/h4-14,21,24,27,33H,15-20,22H2,1-3H3. The van der Waals surface area contributed by atoms with Crippen LogP contribution in [0.5, 0.6) is 0 Å². The van der Waals surface area contributed by atoms with Crippen LogP contribution in [-0.4, -0.2) is 40.2 Å². The first kappa shape index (κ1) is 25.2. The quantitative estimate of drug-likeness (QED) is 0.285. The van der Waals surface area contributed by atoms with Gasteiger partial charge in [0.2, 0.25) is 5.91 Å². The SMILES string of the molecule is CC(=O)N1CCC(c2c3ccc(-c4ccccc4C)cc3nn2C(C)CCNCc2ccccc2)CC1. The van der Waals surface area contributed by atoms with Crippen molar-refractivity contribution in [2.75, 3.05) is 19.6 Å². The van der Waals surface area contributed by atoms with Crippen molar-refractivity contribution >= 4 is 16.8 Å². The van der Waals surface area contributed by atoms with E-state index < -0.39 is 0 Å². The van der Waals surface area contributed by atoms with Crippen LogP contribution in [0.2, 0.25) is 0 Å². The first-order valence-corrected chi connectivity index (χ1v) is 13.6. The number of nitrogens with one attached hydrogen (secondary N) is 1. The summed E-state index contributed by atoms with van der Waals surface area (Å²) >= 11 is 0. The molecule has 1 unspecified atom stereocenters. The molecule has 0 radical (unpaired) electrons. The van der Waals surface area contributed by atoms with E-state index in [1.165, 1.54) is 33.3 Å². The summed E-state index contributed by atoms with van der Waals surface area (Å²) in [4.78, 5) is 13.9. The summed E-state index contributed by atoms with van der Waals surface area (Å²) in [5.74, 6) is 0.585. The predicted molar refractivity (Wildman–Crippen MR) is 152 cm³/mol. The van der Waals surface area contributed by atoms with Crippen molar-refractivity contribution in [2.24, 2.45) is 0 Å². The fourth-order valence-electron chi connectivity index (χ4n) is 5.66. The number of amides is 1. The topological polar surface area (TPSA) is 50.2 Å². The van der Waals surface area contributed by atoms with Gasteiger partial charge in [-0.05, 0) is 68.0 Å². The molecule has 1 amide bonds. The molecule has 1 saturated heterocycles. The van der Waals surface area contributed by atoms with Crippen molar-refractivity contribution in [2.45, 2.75) is 58.5 Å². The number of hydrogen-bond acceptors (Lipinski definition) is 3. The van der Waals surface area contributed by atoms with Crippen LogP contribution in [0.15, 0.2) is 72.8 Å². The number of carbonyl (C=O) groups excluding carboxylic acids is 1. The van der Waals surface area contributed by atoms with E-state index in [2.05, 4.69) is 96.6 Å². The summed E-state index contributed by atoms with van der Waals surface area (Å²) in [5, 5.41) is 10.1. The van der Waals surface area contributed by atoms with Crippen LogP contribution in [0.25, 0.3) is 22.0 Å². The third-order valence-electron chi connectivity index (χ3n) is 7.85. The maximum Gasteiger partial charge on any atom is 0.219 e. The Bertz CT molecular complexity index is 1350. The van der Waals surface area contributed by atoms with Gasteiger partial charge in [-0.2, -0.15) is 5.10 Å². The molecule has 0 saturated carbocycles. The van der Waals surface area contributed by atoms with E-state index in [1.807, 2.05) is 4.90 Å². The first-order valence-electron chi connectivity index (χ1n) is 13.6. The zero-order valence-electron chi connectivity index (χ0n) is 22.3. The van der Waals surface area contributed by atoms with E-state index >= 15 is 0 Å². The Morgan fingerprint density at radius 2 is 1.76 bits per heavy atom. The molecule has 1 aliphatic rings. The molecule has 37 heavy (non-hydrogen) atoms. The number of hydrogen-bond donors (Lipinski definition) is 1. The lowest BCUT2D eigenvalue weighted by molar-refractivity contribution is -0.129. The number of fused-ring (bicyclic) bond motifs is 1. The van der Waals surface area contributed by atoms with Crippen LogP contribution < -0.4 is 5.32 Å². The molecule has 2 heterocycles. The molecule has 3 aromatic carbocycles. The molecule has 0 aliphatic carbocycles. The molecule has 0 spiro atoms. The Morgan fingerprint density at radius 1 is 1.03 bits per heavy atom. The zero-order chi connectivity index (χ0) is 25.8. The van der Waals surface area contributed by atoms with Crippen LogP contribution >= 0.6 is 0 Å². The molecular weight excluding hydrogens is 456 g/mol. The summed E-state index contributed by atoms with van der Waals surface area (Å²) in [5.41, 5.74) is 7.45. The molecule has 1 atom stereocenters. The van der Waals surface area contributed by atoms with Crippen molar-refractivity contribution in [3.63, 3.8) is 0 Å². The molecule has 1 N–H and O–H groups in total. The lowest BCUT2D eigenvalue weighted by Crippen LogP contribution is -2.37. The lowest BCUT2D eigenvalue weighted by Gasteiger charge is -2.32. The van der Waals surface area contributed by atoms with Gasteiger partial charge < -0.3 is 10.2 Å². The van der Waals surface area contributed by atoms with Gasteiger partial charge in [-0.1, -0.05) is 66.7 Å². The van der Waals surface area contributed by atoms with Gasteiger partial charge in [0.15, 0.2) is 0 Å². The van der Waals surface area contributed by atoms with Gasteiger partial charge in [0.05, 0.1) is 11.6 Å². The van der Waals surface area contributed by atoms with Crippen LogP contribution in [0.4, 0.5) is 0 Å². The number of nitrogens with zero attached hydrogens (tertiary/aromatic N) is 3. The van der Waals surface area contributed by atoms with E-state index in [0.717, 1.165) is 51.0 Å². The van der Waals surface area contributed by atoms with Crippen molar-refractivity contribution in [3.8, 4) is 11.1 Å². The molecule has 192 valence electrons. The van der Waals surface area contributed by atoms with Crippen LogP contribution in [-0.2, 0) is 11.3 Å². The second-order valence-corrected chi connectivity index (χ2v) is 10.5. The van der Waals surface area contributed by atoms with Crippen LogP contribution in [0.1, 0.15) is 61.9 Å². The minimum atomic E-state index is 0.178. The van der Waals surface area contributed by atoms with E-state index in [0.29, 0.717) is 5.92 Å². The largest absolute Gasteiger partial charge is 0.343 e. The lowest BCUT2D eigenvalue weighted by atomic mass is 9.90. The van der Waals surface area contributed by atoms with E-state index in [1.54, 1.807) is 6.92 Å². The summed E-state index contributed by atoms with van der Waals surface area (Å²) in [6.07, 6.45) is 2.97. The Morgan fingerprint density at radius 3 is 2.49 bits per heavy atom. The number of rotatable bonds is 8. The fourth-order valence-corrected chi connectivity index (χ4v) is 5.66. The van der Waals surface area contributed by atoms with Crippen molar-refractivity contribution < 1.29 is 4.79 Å². The second-order valence-electron chi connectivity index (χ2n) is 10.5. The molecule has 5 nitrogen and oxygen atoms in total. The summed E-state index contributed by atoms with van der Waals surface area (Å²) in [6, 6.07) is 26.1. The van der Waals surface area contributed by atoms with Crippen molar-refractivity contribution in [1.29, 1.82) is 0 Å². The highest BCUT2D eigenvalue weighted by Gasteiger charge is 2.28. The Balaban J connectivity index is 1.41. The number of carbonyl (C=O) groups is 1. The van der Waals surface area contributed by atoms with Gasteiger partial charge in [0, 0.05) is 43.6 Å². The molecule has 1 aromatic heterocycles. The minimum Gasteiger partial charge on any atom is -0.343 e. The molecule has 5 heteroatoms. The average molecular weight is 495 g/mol. The maximum atomic E-state index is 11.9. The Labute approximate surface area is 220 Å². The van der Waals surface area contributed by atoms with Crippen molar-refractivity contribution in [3.05, 3.63) is 89.6 Å². The van der Waals surface area contributed by atoms with Crippen LogP contribution in [0.3, 0.4) is 0 Å². The minimum absolute atomic E-state index is 0.178. The monoisotopic (exact) mass is 494 g/mol. The normalized spacial score (nSPS) is 15.3. The van der Waals surface area contributed by atoms with Gasteiger partial charge in [0.1, 0.15) is 0 Å². The molecular formula is C32H38N4O. The van der Waals surface area contributed by atoms with Gasteiger partial charge >= 0.3 is 0 Å². The predicted octanol–water partition coefficient (Wildman–Crippen LogP) is 6.48. The van der Waals surface area contributed by atoms with E-state index in [9.17, 15) is 4.79 Å². The van der Waals surface area contributed by atoms with Crippen molar-refractivity contribution in [1.82, 2.24) is 20.0 Å². The molecule has 4 aromatic rings. The van der Waals surface area contributed by atoms with E-state index in [4.69, 9.17) is 5.10 Å². The van der Waals surface area contributed by atoms with Gasteiger partial charge in [-0.15, -0.1) is 0 Å². The Kier molecular flexibility index (Phi) is 7.71. The number of piperidine rings is 1. The number of likely N-dealkylation sites (tertiary alicyclic amines) is 1. The molecule has 5 rings (SSSR count). The van der Waals surface area contributed by atoms with Gasteiger partial charge in [-0.25, -0.2) is 0 Å². The number of aromatic nitrogens is 2. The Hall–Kier alpha value is -3.44. The average Bonchev–Trinajstić information content (AvgIpc) is 3.31. The third kappa shape index (κ3) is 5.62. The summed E-state index contributed by atoms with van der Waals surface area (Å²) in [7, 11) is 0. The maximum absolute atomic E-state index is 11.9. The highest BCUT2D eigenvalue weighted by Crippen LogP contribution is 2.37. The van der Waals surface area contributed by atoms with Gasteiger partial charge in [-0.3, -0.25) is 9.48 Å². The summed E-state index contributed by atoms with van der Waals surface area (Å²) in [6.45, 7) is 9.58. The zero-order valence-corrected chi connectivity index (χ0v) is 22.3. The number of benzene rings is 3. The molecule has 1 aliphatic heterocycles. The molecule has 0 bridgehead atoms. The van der Waals surface area contributed by atoms with Gasteiger partial charge in [0.25, 0.3) is 0 Å².